The second kappa shape index (κ2) is 44.5. The number of hydrogen-bond donors (Lipinski definition) is 8. The zero-order valence-corrected chi connectivity index (χ0v) is 76.7. The summed E-state index contributed by atoms with van der Waals surface area (Å²) in [5.74, 6) is 2.05. The van der Waals surface area contributed by atoms with Crippen LogP contribution in [0.2, 0.25) is 5.02 Å². The summed E-state index contributed by atoms with van der Waals surface area (Å²) >= 11 is 6.41. The number of fused-ring (bicyclic) bond motifs is 8. The second-order valence-electron chi connectivity index (χ2n) is 30.3. The fourth-order valence-corrected chi connectivity index (χ4v) is 16.5. The average molecular weight is 1880 g/mol. The summed E-state index contributed by atoms with van der Waals surface area (Å²) in [6.07, 6.45) is 15.1. The minimum absolute atomic E-state index is 0. The first-order valence-corrected chi connectivity index (χ1v) is 41.7. The molecule has 133 heavy (non-hydrogen) atoms. The third-order valence-electron chi connectivity index (χ3n) is 22.5. The van der Waals surface area contributed by atoms with E-state index in [1.54, 1.807) is 54.1 Å². The van der Waals surface area contributed by atoms with Gasteiger partial charge in [-0.2, -0.15) is 54.0 Å². The van der Waals surface area contributed by atoms with Gasteiger partial charge in [0.25, 0.3) is 22.2 Å². The Balaban J connectivity index is 0.000000181. The predicted molar refractivity (Wildman–Crippen MR) is 557 cm³/mol. The van der Waals surface area contributed by atoms with E-state index in [4.69, 9.17) is 11.6 Å². The van der Waals surface area contributed by atoms with Crippen LogP contribution in [0.3, 0.4) is 0 Å². The number of H-pyrrole nitrogens is 4. The van der Waals surface area contributed by atoms with Crippen LogP contribution in [0.25, 0.3) is 110 Å². The molecule has 8 N–H and O–H groups in total. The third-order valence-corrected chi connectivity index (χ3v) is 22.8. The van der Waals surface area contributed by atoms with Crippen molar-refractivity contribution >= 4 is 177 Å². The smallest absolute Gasteiger partial charge is 0.264 e. The number of halogens is 2. The van der Waals surface area contributed by atoms with E-state index in [1.807, 2.05) is 208 Å². The molecule has 0 fully saturated rings. The van der Waals surface area contributed by atoms with Gasteiger partial charge in [0.2, 0.25) is 0 Å². The Labute approximate surface area is 799 Å². The number of pyridine rings is 4. The zero-order valence-electron chi connectivity index (χ0n) is 71.9. The second-order valence-corrected chi connectivity index (χ2v) is 30.7. The van der Waals surface area contributed by atoms with Gasteiger partial charge < -0.3 is 41.2 Å². The van der Waals surface area contributed by atoms with Gasteiger partial charge in [0.1, 0.15) is 53.2 Å². The third kappa shape index (κ3) is 20.3. The van der Waals surface area contributed by atoms with Crippen LogP contribution in [0.5, 0.6) is 0 Å². The Kier molecular flexibility index (Phi) is 33.7. The van der Waals surface area contributed by atoms with Crippen LogP contribution < -0.4 is 43.5 Å². The molecule has 12 aromatic heterocycles. The molecular weight excluding hydrogens is 1770 g/mol. The Bertz CT molecular complexity index is 7480. The Morgan fingerprint density at radius 2 is 0.602 bits per heavy atom. The topological polar surface area (TPSA) is 354 Å². The monoisotopic (exact) mass is 1880 g/mol. The summed E-state index contributed by atoms with van der Waals surface area (Å²) < 4.78 is 21.7. The molecule has 1 unspecified atom stereocenters. The van der Waals surface area contributed by atoms with Crippen LogP contribution in [0, 0.1) is 33.5 Å². The van der Waals surface area contributed by atoms with Crippen molar-refractivity contribution in [3.8, 4) is 22.7 Å². The van der Waals surface area contributed by atoms with Crippen molar-refractivity contribution in [3.63, 3.8) is 0 Å². The Morgan fingerprint density at radius 3 is 0.925 bits per heavy atom. The maximum Gasteiger partial charge on any atom is 0.264 e. The van der Waals surface area contributed by atoms with E-state index < -0.39 is 5.82 Å². The van der Waals surface area contributed by atoms with E-state index in [9.17, 15) is 23.6 Å². The summed E-state index contributed by atoms with van der Waals surface area (Å²) in [7, 11) is 0. The fourth-order valence-electron chi connectivity index (χ4n) is 16.3. The SMILES string of the molecule is C.C.C.CCC(Nc1ncnc2nc[nH]c12)c1cc2cccc(C)c2c(=O)n1-c1ccc(C)cc1.CC[C@H](Nc1ncnc2nc[nH]c12)c1cc2cccc(C)c2c(=O)n1-c1ccccc1.CC[C@H](Nc1ncnc2nc[nH]c12)c1cc2cccc(C)c2c(=O)n1-c1ccccc1F.CC[C@H](Nc1ncnc2nc[nH]c12)c1cc2cccc(Cl)c2c(=O)n1-c1ccccc1.S.S.S.S. The molecule has 4 atom stereocenters. The van der Waals surface area contributed by atoms with Crippen molar-refractivity contribution in [1.29, 1.82) is 0 Å². The molecule has 0 amide bonds. The predicted octanol–water partition coefficient (Wildman–Crippen LogP) is 21.3. The van der Waals surface area contributed by atoms with Gasteiger partial charge in [0, 0.05) is 39.8 Å². The maximum absolute atomic E-state index is 14.9. The quantitative estimate of drug-likeness (QED) is 0.0351. The van der Waals surface area contributed by atoms with Gasteiger partial charge in [-0.25, -0.2) is 64.2 Å². The molecule has 0 bridgehead atoms. The molecule has 8 aromatic carbocycles. The van der Waals surface area contributed by atoms with Crippen molar-refractivity contribution in [3.05, 3.63) is 354 Å². The van der Waals surface area contributed by atoms with Gasteiger partial charge in [0.15, 0.2) is 45.9 Å². The number of aromatic nitrogens is 20. The molecule has 0 spiro atoms. The molecular formula is C99H106ClFN24O4S4. The molecule has 0 saturated carbocycles. The number of aromatic amines is 4. The average Bonchev–Trinajstić information content (AvgIpc) is 1.32. The Morgan fingerprint density at radius 1 is 0.323 bits per heavy atom. The van der Waals surface area contributed by atoms with E-state index >= 15 is 0 Å². The van der Waals surface area contributed by atoms with Crippen molar-refractivity contribution < 1.29 is 4.39 Å². The number of aryl methyl sites for hydroxylation is 4. The zero-order chi connectivity index (χ0) is 87.2. The van der Waals surface area contributed by atoms with E-state index in [0.29, 0.717) is 79.3 Å². The van der Waals surface area contributed by atoms with E-state index in [0.717, 1.165) is 125 Å². The van der Waals surface area contributed by atoms with Crippen LogP contribution in [-0.2, 0) is 0 Å². The van der Waals surface area contributed by atoms with E-state index in [1.165, 1.54) is 35.9 Å². The van der Waals surface area contributed by atoms with E-state index in [2.05, 4.69) is 134 Å². The van der Waals surface area contributed by atoms with Crippen molar-refractivity contribution in [2.45, 2.75) is 128 Å². The fraction of sp³-hybridized carbons (Fsp3) is 0.192. The molecule has 12 heterocycles. The highest BCUT2D eigenvalue weighted by atomic mass is 35.5. The van der Waals surface area contributed by atoms with Crippen LogP contribution >= 0.6 is 65.6 Å². The van der Waals surface area contributed by atoms with Crippen LogP contribution in [0.4, 0.5) is 27.7 Å². The lowest BCUT2D eigenvalue weighted by Gasteiger charge is -2.24. The molecule has 34 heteroatoms. The van der Waals surface area contributed by atoms with Gasteiger partial charge in [-0.1, -0.05) is 195 Å². The van der Waals surface area contributed by atoms with Crippen molar-refractivity contribution in [1.82, 2.24) is 98.0 Å². The number of benzene rings is 8. The van der Waals surface area contributed by atoms with Gasteiger partial charge >= 0.3 is 0 Å². The number of hydrogen-bond acceptors (Lipinski definition) is 20. The normalized spacial score (nSPS) is 11.7. The molecule has 0 aliphatic rings. The summed E-state index contributed by atoms with van der Waals surface area (Å²) in [5.41, 5.74) is 14.6. The summed E-state index contributed by atoms with van der Waals surface area (Å²) in [5, 5.41) is 20.4. The molecule has 20 rings (SSSR count). The number of rotatable bonds is 20. The number of nitrogens with one attached hydrogen (secondary N) is 8. The minimum atomic E-state index is -0.461. The highest BCUT2D eigenvalue weighted by Crippen LogP contribution is 2.36. The number of nitrogens with zero attached hydrogens (tertiary/aromatic N) is 16. The number of anilines is 4. The standard InChI is InChI=1S/C25H24N6O.C24H21FN6O.C24H22N6O.C23H19ClN6O.3CH4.4H2S/c1-4-19(30-24-22-23(27-13-26-22)28-14-29-24)20-12-17-7-5-6-16(3)21(17)25(32)31(20)18-10-8-15(2)9-11-18;1-3-17(30-23-21-22(27-12-26-21)28-13-29-23)19-11-15-8-6-7-14(2)20(15)24(32)31(19)18-10-5-4-9-16(18)25;1-3-18(29-23-21-22(26-13-25-21)27-14-28-23)19-12-16-9-7-8-15(2)20(16)24(31)30(19)17-10-5-4-6-11-17;1-2-17(29-22-20-21(26-12-25-20)27-13-28-22)18-11-14-7-6-10-16(24)19(14)23(31)30(18)15-8-4-3-5-9-15;;;;;;;/h5-14,19H,4H2,1-3H3,(H2,26,27,28,29,30);4-13,17H,3H2,1-2H3,(H2,26,27,28,29,30);4-14,18H,3H2,1-2H3,(H2,25,26,27,28,29);3-13,17H,2H2,1H3,(H2,25,26,27,28,29);3*1H4;4*1H2/t;17-;18-;17-;;;;;;;/m.000......./s1. The molecule has 684 valence electrons. The first-order valence-electron chi connectivity index (χ1n) is 41.3. The van der Waals surface area contributed by atoms with Crippen molar-refractivity contribution in [2.75, 3.05) is 21.3 Å². The molecule has 0 saturated heterocycles. The lowest BCUT2D eigenvalue weighted by molar-refractivity contribution is 0.606. The number of para-hydroxylation sites is 3. The summed E-state index contributed by atoms with van der Waals surface area (Å²) in [4.78, 5) is 118. The highest BCUT2D eigenvalue weighted by Gasteiger charge is 2.28. The maximum atomic E-state index is 14.9. The highest BCUT2D eigenvalue weighted by molar-refractivity contribution is 7.59. The van der Waals surface area contributed by atoms with Gasteiger partial charge in [-0.3, -0.25) is 37.4 Å². The molecule has 0 aliphatic heterocycles. The number of imidazole rings is 4. The van der Waals surface area contributed by atoms with Gasteiger partial charge in [-0.05, 0) is 170 Å². The Hall–Kier alpha value is -14.4. The molecule has 0 aliphatic carbocycles. The van der Waals surface area contributed by atoms with E-state index in [-0.39, 0.29) is 128 Å². The lowest BCUT2D eigenvalue weighted by Crippen LogP contribution is -2.27. The molecule has 0 radical (unpaired) electrons. The lowest BCUT2D eigenvalue weighted by atomic mass is 10.0. The largest absolute Gasteiger partial charge is 0.360 e. The van der Waals surface area contributed by atoms with Crippen LogP contribution in [-0.4, -0.2) is 98.0 Å². The molecule has 20 aromatic rings. The van der Waals surface area contributed by atoms with Gasteiger partial charge in [-0.15, -0.1) is 0 Å². The minimum Gasteiger partial charge on any atom is -0.360 e. The molecule has 28 nitrogen and oxygen atoms in total. The first-order chi connectivity index (χ1) is 61.5. The summed E-state index contributed by atoms with van der Waals surface area (Å²) in [6, 6.07) is 64.2. The summed E-state index contributed by atoms with van der Waals surface area (Å²) in [6.45, 7) is 16.1. The first kappa shape index (κ1) is 101. The van der Waals surface area contributed by atoms with Crippen LogP contribution in [0.1, 0.15) is 145 Å². The van der Waals surface area contributed by atoms with Gasteiger partial charge in [0.05, 0.1) is 81.7 Å². The van der Waals surface area contributed by atoms with Crippen LogP contribution in [0.15, 0.2) is 276 Å². The van der Waals surface area contributed by atoms with Crippen molar-refractivity contribution in [2.24, 2.45) is 0 Å².